The molecule has 9 aromatic carbocycles. The predicted octanol–water partition coefficient (Wildman–Crippen LogP) is 17.1. The second kappa shape index (κ2) is 13.9. The molecule has 0 amide bonds. The van der Waals surface area contributed by atoms with Gasteiger partial charge >= 0.3 is 0 Å². The zero-order chi connectivity index (χ0) is 43.5. The van der Waals surface area contributed by atoms with Gasteiger partial charge in [-0.1, -0.05) is 205 Å². The molecule has 1 nitrogen and oxygen atoms in total. The van der Waals surface area contributed by atoms with Gasteiger partial charge in [-0.2, -0.15) is 0 Å². The maximum absolute atomic E-state index is 2.56. The molecule has 9 aromatic rings. The maximum atomic E-state index is 2.56. The first-order valence-corrected chi connectivity index (χ1v) is 22.8. The summed E-state index contributed by atoms with van der Waals surface area (Å²) < 4.78 is 0. The van der Waals surface area contributed by atoms with Gasteiger partial charge in [-0.05, 0) is 131 Å². The molecular weight excluding hydrogens is 771 g/mol. The van der Waals surface area contributed by atoms with Crippen molar-refractivity contribution in [1.29, 1.82) is 0 Å². The summed E-state index contributed by atoms with van der Waals surface area (Å²) in [5.41, 5.74) is 26.5. The van der Waals surface area contributed by atoms with Crippen LogP contribution in [-0.2, 0) is 16.2 Å². The molecule has 3 aliphatic carbocycles. The van der Waals surface area contributed by atoms with Crippen LogP contribution in [-0.4, -0.2) is 0 Å². The van der Waals surface area contributed by atoms with E-state index in [0.717, 1.165) is 17.1 Å². The van der Waals surface area contributed by atoms with Gasteiger partial charge in [0.15, 0.2) is 0 Å². The molecule has 0 saturated heterocycles. The van der Waals surface area contributed by atoms with Crippen LogP contribution in [0.5, 0.6) is 0 Å². The van der Waals surface area contributed by atoms with E-state index in [2.05, 4.69) is 247 Å². The Kier molecular flexibility index (Phi) is 8.35. The molecule has 0 unspecified atom stereocenters. The zero-order valence-corrected chi connectivity index (χ0v) is 37.5. The molecule has 12 rings (SSSR count). The van der Waals surface area contributed by atoms with Crippen molar-refractivity contribution in [2.45, 2.75) is 57.8 Å². The van der Waals surface area contributed by atoms with Crippen LogP contribution in [0, 0.1) is 0 Å². The SMILES string of the molecule is CC1(C)c2ccccc2-c2ccc(-c3cccc(N(c4ccc5c(c4)C(C)(C)c4ccccc4-5)c4ccc5c(c4)C(C)(C)c4ccccc4-5)c3-c3ccccc3-c3ccccc3)cc21. The Labute approximate surface area is 378 Å². The first-order valence-electron chi connectivity index (χ1n) is 22.8. The van der Waals surface area contributed by atoms with Crippen LogP contribution in [0.2, 0.25) is 0 Å². The van der Waals surface area contributed by atoms with Gasteiger partial charge in [-0.3, -0.25) is 0 Å². The van der Waals surface area contributed by atoms with Gasteiger partial charge in [0.05, 0.1) is 5.69 Å². The minimum absolute atomic E-state index is 0.128. The number of hydrogen-bond donors (Lipinski definition) is 0. The molecule has 1 heteroatoms. The second-order valence-corrected chi connectivity index (χ2v) is 19.7. The third kappa shape index (κ3) is 5.50. The molecule has 64 heavy (non-hydrogen) atoms. The average molecular weight is 822 g/mol. The molecule has 0 saturated carbocycles. The molecule has 0 N–H and O–H groups in total. The van der Waals surface area contributed by atoms with E-state index in [1.807, 2.05) is 0 Å². The van der Waals surface area contributed by atoms with Gasteiger partial charge < -0.3 is 4.90 Å². The van der Waals surface area contributed by atoms with E-state index in [1.54, 1.807) is 0 Å². The van der Waals surface area contributed by atoms with Crippen molar-refractivity contribution in [3.63, 3.8) is 0 Å². The zero-order valence-electron chi connectivity index (χ0n) is 37.5. The lowest BCUT2D eigenvalue weighted by molar-refractivity contribution is 0.660. The van der Waals surface area contributed by atoms with Crippen LogP contribution >= 0.6 is 0 Å². The van der Waals surface area contributed by atoms with Crippen LogP contribution < -0.4 is 4.90 Å². The normalized spacial score (nSPS) is 15.1. The van der Waals surface area contributed by atoms with Gasteiger partial charge in [0, 0.05) is 33.2 Å². The quantitative estimate of drug-likeness (QED) is 0.161. The van der Waals surface area contributed by atoms with E-state index in [0.29, 0.717) is 0 Å². The lowest BCUT2D eigenvalue weighted by Crippen LogP contribution is -2.18. The molecular formula is C63H51N. The highest BCUT2D eigenvalue weighted by Crippen LogP contribution is 2.56. The van der Waals surface area contributed by atoms with Crippen LogP contribution in [0.1, 0.15) is 74.9 Å². The third-order valence-electron chi connectivity index (χ3n) is 15.1. The Morgan fingerprint density at radius 2 is 0.656 bits per heavy atom. The van der Waals surface area contributed by atoms with Crippen LogP contribution in [0.25, 0.3) is 66.8 Å². The maximum Gasteiger partial charge on any atom is 0.0546 e. The summed E-state index contributed by atoms with van der Waals surface area (Å²) >= 11 is 0. The molecule has 0 atom stereocenters. The van der Waals surface area contributed by atoms with Crippen molar-refractivity contribution in [2.24, 2.45) is 0 Å². The summed E-state index contributed by atoms with van der Waals surface area (Å²) in [6.07, 6.45) is 0. The number of anilines is 3. The number of nitrogens with zero attached hydrogens (tertiary/aromatic N) is 1. The summed E-state index contributed by atoms with van der Waals surface area (Å²) in [6.45, 7) is 14.3. The van der Waals surface area contributed by atoms with Gasteiger partial charge in [-0.25, -0.2) is 0 Å². The standard InChI is InChI=1S/C63H51N/c1-61(2)53-27-15-12-22-46(53)49-34-31-41(37-56(49)61)45-26-18-30-59(60(45)52-25-11-10-21-44(52)40-19-8-7-9-20-40)64(42-32-35-50-47-23-13-16-28-54(47)62(3,4)57(50)38-42)43-33-36-51-48-24-14-17-29-55(48)63(5,6)58(51)39-43/h7-39H,1-6H3. The molecule has 308 valence electrons. The average Bonchev–Trinajstić information content (AvgIpc) is 3.81. The molecule has 0 spiro atoms. The topological polar surface area (TPSA) is 3.24 Å². The highest BCUT2D eigenvalue weighted by Gasteiger charge is 2.39. The lowest BCUT2D eigenvalue weighted by atomic mass is 9.80. The summed E-state index contributed by atoms with van der Waals surface area (Å²) in [4.78, 5) is 2.56. The minimum Gasteiger partial charge on any atom is -0.310 e. The monoisotopic (exact) mass is 821 g/mol. The fourth-order valence-electron chi connectivity index (χ4n) is 11.8. The van der Waals surface area contributed by atoms with Gasteiger partial charge in [0.25, 0.3) is 0 Å². The lowest BCUT2D eigenvalue weighted by Gasteiger charge is -2.32. The van der Waals surface area contributed by atoms with E-state index in [4.69, 9.17) is 0 Å². The largest absolute Gasteiger partial charge is 0.310 e. The van der Waals surface area contributed by atoms with Gasteiger partial charge in [0.2, 0.25) is 0 Å². The van der Waals surface area contributed by atoms with Crippen LogP contribution in [0.4, 0.5) is 17.1 Å². The minimum atomic E-state index is -0.158. The fourth-order valence-corrected chi connectivity index (χ4v) is 11.8. The Morgan fingerprint density at radius 3 is 1.17 bits per heavy atom. The van der Waals surface area contributed by atoms with Crippen molar-refractivity contribution < 1.29 is 0 Å². The van der Waals surface area contributed by atoms with Crippen LogP contribution in [0.3, 0.4) is 0 Å². The smallest absolute Gasteiger partial charge is 0.0546 e. The van der Waals surface area contributed by atoms with Crippen LogP contribution in [0.15, 0.2) is 200 Å². The summed E-state index contributed by atoms with van der Waals surface area (Å²) in [5, 5.41) is 0. The molecule has 0 radical (unpaired) electrons. The van der Waals surface area contributed by atoms with E-state index in [1.165, 1.54) is 100 Å². The molecule has 3 aliphatic rings. The van der Waals surface area contributed by atoms with Crippen molar-refractivity contribution >= 4 is 17.1 Å². The molecule has 0 aromatic heterocycles. The third-order valence-corrected chi connectivity index (χ3v) is 15.1. The molecule has 0 aliphatic heterocycles. The summed E-state index contributed by atoms with van der Waals surface area (Å²) in [7, 11) is 0. The number of benzene rings is 9. The molecule has 0 fully saturated rings. The highest BCUT2D eigenvalue weighted by atomic mass is 15.1. The Morgan fingerprint density at radius 1 is 0.266 bits per heavy atom. The Hall–Kier alpha value is -7.22. The van der Waals surface area contributed by atoms with Gasteiger partial charge in [0.1, 0.15) is 0 Å². The Balaban J connectivity index is 1.15. The summed E-state index contributed by atoms with van der Waals surface area (Å²) in [6, 6.07) is 75.4. The number of rotatable bonds is 6. The Bertz CT molecular complexity index is 3250. The predicted molar refractivity (Wildman–Crippen MR) is 270 cm³/mol. The molecule has 0 bridgehead atoms. The van der Waals surface area contributed by atoms with Gasteiger partial charge in [-0.15, -0.1) is 0 Å². The number of fused-ring (bicyclic) bond motifs is 9. The van der Waals surface area contributed by atoms with Crippen molar-refractivity contribution in [1.82, 2.24) is 0 Å². The van der Waals surface area contributed by atoms with E-state index in [-0.39, 0.29) is 16.2 Å². The summed E-state index contributed by atoms with van der Waals surface area (Å²) in [5.74, 6) is 0. The molecule has 0 heterocycles. The van der Waals surface area contributed by atoms with Crippen molar-refractivity contribution in [3.8, 4) is 66.8 Å². The van der Waals surface area contributed by atoms with Crippen molar-refractivity contribution in [2.75, 3.05) is 4.90 Å². The number of hydrogen-bond acceptors (Lipinski definition) is 1. The highest BCUT2D eigenvalue weighted by molar-refractivity contribution is 6.02. The fraction of sp³-hybridized carbons (Fsp3) is 0.143. The van der Waals surface area contributed by atoms with E-state index >= 15 is 0 Å². The van der Waals surface area contributed by atoms with Crippen molar-refractivity contribution in [3.05, 3.63) is 234 Å². The first-order chi connectivity index (χ1) is 31.0. The first kappa shape index (κ1) is 38.5. The van der Waals surface area contributed by atoms with E-state index < -0.39 is 0 Å². The second-order valence-electron chi connectivity index (χ2n) is 19.7. The van der Waals surface area contributed by atoms with E-state index in [9.17, 15) is 0 Å².